The summed E-state index contributed by atoms with van der Waals surface area (Å²) in [4.78, 5) is 25.4. The molecule has 1 fully saturated rings. The van der Waals surface area contributed by atoms with Crippen LogP contribution in [-0.2, 0) is 4.79 Å². The number of carbonyl (C=O) groups is 2. The molecule has 0 saturated carbocycles. The Kier molecular flexibility index (Phi) is 3.92. The molecule has 7 heteroatoms. The third kappa shape index (κ3) is 2.80. The Labute approximate surface area is 114 Å². The van der Waals surface area contributed by atoms with Gasteiger partial charge in [-0.15, -0.1) is 0 Å². The molecule has 102 valence electrons. The first kappa shape index (κ1) is 13.6. The van der Waals surface area contributed by atoms with E-state index in [0.717, 1.165) is 4.90 Å². The molecule has 6 nitrogen and oxygen atoms in total. The maximum absolute atomic E-state index is 12.0. The Bertz CT molecular complexity index is 491. The van der Waals surface area contributed by atoms with Crippen molar-refractivity contribution in [2.75, 3.05) is 24.6 Å². The van der Waals surface area contributed by atoms with Crippen LogP contribution in [0.2, 0.25) is 5.02 Å². The molecule has 0 spiro atoms. The van der Waals surface area contributed by atoms with Crippen LogP contribution in [0, 0.1) is 0 Å². The molecule has 1 unspecified atom stereocenters. The molecule has 19 heavy (non-hydrogen) atoms. The monoisotopic (exact) mass is 284 g/mol. The van der Waals surface area contributed by atoms with E-state index in [1.807, 2.05) is 0 Å². The third-order valence-corrected chi connectivity index (χ3v) is 3.23. The molecule has 1 aromatic rings. The zero-order valence-corrected chi connectivity index (χ0v) is 10.7. The highest BCUT2D eigenvalue weighted by Gasteiger charge is 2.35. The van der Waals surface area contributed by atoms with Crippen molar-refractivity contribution in [1.82, 2.24) is 4.90 Å². The molecular formula is C12H13ClN2O4. The minimum absolute atomic E-state index is 0.0835. The van der Waals surface area contributed by atoms with E-state index >= 15 is 0 Å². The average Bonchev–Trinajstić information content (AvgIpc) is 2.39. The van der Waals surface area contributed by atoms with Crippen LogP contribution >= 0.6 is 11.6 Å². The summed E-state index contributed by atoms with van der Waals surface area (Å²) < 4.78 is 0. The molecule has 1 atom stereocenters. The van der Waals surface area contributed by atoms with Crippen molar-refractivity contribution < 1.29 is 19.8 Å². The van der Waals surface area contributed by atoms with Crippen LogP contribution in [0.5, 0.6) is 0 Å². The predicted octanol–water partition coefficient (Wildman–Crippen LogP) is 1.03. The lowest BCUT2D eigenvalue weighted by atomic mass is 10.1. The van der Waals surface area contributed by atoms with Gasteiger partial charge < -0.3 is 15.1 Å². The summed E-state index contributed by atoms with van der Waals surface area (Å²) in [6, 6.07) is 6.03. The minimum Gasteiger partial charge on any atom is -0.465 e. The van der Waals surface area contributed by atoms with E-state index in [9.17, 15) is 14.7 Å². The zero-order valence-electron chi connectivity index (χ0n) is 9.99. The third-order valence-electron chi connectivity index (χ3n) is 2.98. The average molecular weight is 285 g/mol. The summed E-state index contributed by atoms with van der Waals surface area (Å²) in [5.41, 5.74) is 0.596. The van der Waals surface area contributed by atoms with Gasteiger partial charge in [0.2, 0.25) is 5.91 Å². The Morgan fingerprint density at radius 3 is 2.53 bits per heavy atom. The number of nitrogens with zero attached hydrogens (tertiary/aromatic N) is 2. The Balaban J connectivity index is 2.26. The van der Waals surface area contributed by atoms with E-state index in [0.29, 0.717) is 10.7 Å². The number of piperazine rings is 1. The lowest BCUT2D eigenvalue weighted by Gasteiger charge is -2.39. The van der Waals surface area contributed by atoms with Crippen LogP contribution in [0.25, 0.3) is 0 Å². The van der Waals surface area contributed by atoms with E-state index in [2.05, 4.69) is 0 Å². The number of carboxylic acid groups (broad SMARTS) is 1. The van der Waals surface area contributed by atoms with Gasteiger partial charge in [0.05, 0.1) is 12.6 Å². The van der Waals surface area contributed by atoms with E-state index in [4.69, 9.17) is 16.7 Å². The number of anilines is 1. The summed E-state index contributed by atoms with van der Waals surface area (Å²) >= 11 is 5.78. The number of hydrogen-bond donors (Lipinski definition) is 2. The summed E-state index contributed by atoms with van der Waals surface area (Å²) in [5, 5.41) is 18.8. The van der Waals surface area contributed by atoms with Gasteiger partial charge in [0.15, 0.2) is 0 Å². The first-order valence-electron chi connectivity index (χ1n) is 5.69. The summed E-state index contributed by atoms with van der Waals surface area (Å²) in [5.74, 6) is -0.366. The number of rotatable bonds is 2. The Morgan fingerprint density at radius 2 is 2.00 bits per heavy atom. The van der Waals surface area contributed by atoms with Crippen molar-refractivity contribution in [2.24, 2.45) is 0 Å². The second-order valence-corrected chi connectivity index (χ2v) is 4.68. The maximum Gasteiger partial charge on any atom is 0.407 e. The van der Waals surface area contributed by atoms with Crippen LogP contribution in [0.1, 0.15) is 0 Å². The summed E-state index contributed by atoms with van der Waals surface area (Å²) in [6.45, 7) is -0.438. The van der Waals surface area contributed by atoms with Gasteiger partial charge in [-0.2, -0.15) is 0 Å². The van der Waals surface area contributed by atoms with E-state index in [1.54, 1.807) is 24.3 Å². The van der Waals surface area contributed by atoms with Crippen LogP contribution in [0.15, 0.2) is 24.3 Å². The van der Waals surface area contributed by atoms with Crippen molar-refractivity contribution in [3.05, 3.63) is 29.3 Å². The summed E-state index contributed by atoms with van der Waals surface area (Å²) in [6.07, 6.45) is -1.16. The van der Waals surface area contributed by atoms with Gasteiger partial charge in [-0.25, -0.2) is 4.79 Å². The number of benzene rings is 1. The quantitative estimate of drug-likeness (QED) is 0.850. The highest BCUT2D eigenvalue weighted by molar-refractivity contribution is 6.30. The Morgan fingerprint density at radius 1 is 1.37 bits per heavy atom. The topological polar surface area (TPSA) is 81.1 Å². The van der Waals surface area contributed by atoms with Gasteiger partial charge in [0.25, 0.3) is 0 Å². The molecule has 0 aliphatic carbocycles. The fourth-order valence-corrected chi connectivity index (χ4v) is 2.21. The van der Waals surface area contributed by atoms with Gasteiger partial charge in [0, 0.05) is 17.3 Å². The van der Waals surface area contributed by atoms with Crippen LogP contribution in [0.4, 0.5) is 10.5 Å². The molecule has 1 aromatic carbocycles. The molecule has 1 heterocycles. The maximum atomic E-state index is 12.0. The number of halogens is 1. The molecule has 0 aromatic heterocycles. The van der Waals surface area contributed by atoms with Crippen molar-refractivity contribution >= 4 is 29.3 Å². The molecule has 1 aliphatic heterocycles. The molecule has 2 amide bonds. The molecule has 2 N–H and O–H groups in total. The predicted molar refractivity (Wildman–Crippen MR) is 69.4 cm³/mol. The fraction of sp³-hybridized carbons (Fsp3) is 0.333. The van der Waals surface area contributed by atoms with Crippen molar-refractivity contribution in [3.8, 4) is 0 Å². The zero-order chi connectivity index (χ0) is 14.0. The second-order valence-electron chi connectivity index (χ2n) is 4.24. The van der Waals surface area contributed by atoms with Gasteiger partial charge in [-0.3, -0.25) is 9.69 Å². The molecule has 0 radical (unpaired) electrons. The number of amides is 2. The van der Waals surface area contributed by atoms with Crippen LogP contribution in [0.3, 0.4) is 0 Å². The van der Waals surface area contributed by atoms with Crippen molar-refractivity contribution in [1.29, 1.82) is 0 Å². The van der Waals surface area contributed by atoms with E-state index in [-0.39, 0.29) is 25.6 Å². The summed E-state index contributed by atoms with van der Waals surface area (Å²) in [7, 11) is 0. The van der Waals surface area contributed by atoms with E-state index in [1.165, 1.54) is 4.90 Å². The lowest BCUT2D eigenvalue weighted by molar-refractivity contribution is -0.122. The smallest absolute Gasteiger partial charge is 0.407 e. The standard InChI is InChI=1S/C12H13ClN2O4/c13-8-1-3-9(4-2-8)15-10(7-16)5-14(12(18)19)6-11(15)17/h1-4,10,16H,5-7H2,(H,18,19). The highest BCUT2D eigenvalue weighted by atomic mass is 35.5. The number of carbonyl (C=O) groups excluding carboxylic acids is 1. The van der Waals surface area contributed by atoms with Gasteiger partial charge in [-0.1, -0.05) is 11.6 Å². The minimum atomic E-state index is -1.16. The van der Waals surface area contributed by atoms with Gasteiger partial charge in [0.1, 0.15) is 6.54 Å². The largest absolute Gasteiger partial charge is 0.465 e. The first-order chi connectivity index (χ1) is 9.02. The normalized spacial score (nSPS) is 19.7. The molecule has 2 rings (SSSR count). The SMILES string of the molecule is O=C(O)N1CC(=O)N(c2ccc(Cl)cc2)C(CO)C1. The molecular weight excluding hydrogens is 272 g/mol. The fourth-order valence-electron chi connectivity index (χ4n) is 2.09. The molecule has 1 saturated heterocycles. The number of aliphatic hydroxyl groups excluding tert-OH is 1. The number of aliphatic hydroxyl groups is 1. The van der Waals surface area contributed by atoms with Crippen molar-refractivity contribution in [3.63, 3.8) is 0 Å². The van der Waals surface area contributed by atoms with Gasteiger partial charge in [-0.05, 0) is 24.3 Å². The molecule has 0 bridgehead atoms. The molecule has 1 aliphatic rings. The first-order valence-corrected chi connectivity index (χ1v) is 6.07. The Hall–Kier alpha value is -1.79. The van der Waals surface area contributed by atoms with Gasteiger partial charge >= 0.3 is 6.09 Å². The number of hydrogen-bond acceptors (Lipinski definition) is 3. The van der Waals surface area contributed by atoms with Crippen LogP contribution in [-0.4, -0.2) is 52.9 Å². The lowest BCUT2D eigenvalue weighted by Crippen LogP contribution is -2.59. The second kappa shape index (κ2) is 5.46. The van der Waals surface area contributed by atoms with E-state index < -0.39 is 12.1 Å². The highest BCUT2D eigenvalue weighted by Crippen LogP contribution is 2.23. The van der Waals surface area contributed by atoms with Crippen LogP contribution < -0.4 is 4.90 Å². The van der Waals surface area contributed by atoms with Crippen molar-refractivity contribution in [2.45, 2.75) is 6.04 Å².